The Hall–Kier alpha value is -0.940. The minimum atomic E-state index is -3.04. The van der Waals surface area contributed by atoms with Gasteiger partial charge in [-0.1, -0.05) is 6.07 Å². The normalized spacial score (nSPS) is 21.5. The Kier molecular flexibility index (Phi) is 4.58. The third-order valence-electron chi connectivity index (χ3n) is 3.68. The van der Waals surface area contributed by atoms with Crippen molar-refractivity contribution < 1.29 is 8.42 Å². The topological polar surface area (TPSA) is 50.3 Å². The van der Waals surface area contributed by atoms with Gasteiger partial charge in [-0.2, -0.15) is 0 Å². The van der Waals surface area contributed by atoms with E-state index in [1.165, 1.54) is 0 Å². The third-order valence-corrected chi connectivity index (χ3v) is 5.53. The van der Waals surface area contributed by atoms with Crippen molar-refractivity contribution in [1.82, 2.24) is 9.29 Å². The largest absolute Gasteiger partial charge is 0.258 e. The second-order valence-corrected chi connectivity index (χ2v) is 7.50. The number of aryl methyl sites for hydroxylation is 1. The molecule has 1 aromatic heterocycles. The van der Waals surface area contributed by atoms with E-state index in [0.717, 1.165) is 30.7 Å². The smallest absolute Gasteiger partial charge is 0.213 e. The van der Waals surface area contributed by atoms with Gasteiger partial charge in [-0.25, -0.2) is 12.7 Å². The molecule has 106 valence electrons. The Labute approximate surface area is 115 Å². The van der Waals surface area contributed by atoms with Crippen LogP contribution in [0.2, 0.25) is 0 Å². The fraction of sp³-hybridized carbons (Fsp3) is 0.643. The van der Waals surface area contributed by atoms with Gasteiger partial charge in [-0.15, -0.1) is 0 Å². The van der Waals surface area contributed by atoms with Crippen molar-refractivity contribution in [3.63, 3.8) is 0 Å². The molecule has 1 aliphatic heterocycles. The molecule has 1 atom stereocenters. The molecule has 0 bridgehead atoms. The average molecular weight is 282 g/mol. The molecular formula is C14H22N2O2S. The summed E-state index contributed by atoms with van der Waals surface area (Å²) in [5.74, 6) is 0.590. The molecule has 1 aromatic rings. The molecule has 5 heteroatoms. The Morgan fingerprint density at radius 3 is 2.89 bits per heavy atom. The predicted molar refractivity (Wildman–Crippen MR) is 76.4 cm³/mol. The zero-order chi connectivity index (χ0) is 13.9. The van der Waals surface area contributed by atoms with Crippen molar-refractivity contribution in [2.75, 3.05) is 18.8 Å². The molecule has 2 heterocycles. The lowest BCUT2D eigenvalue weighted by atomic mass is 9.94. The van der Waals surface area contributed by atoms with Gasteiger partial charge in [0, 0.05) is 24.5 Å². The van der Waals surface area contributed by atoms with Crippen LogP contribution in [-0.2, 0) is 16.4 Å². The van der Waals surface area contributed by atoms with Crippen LogP contribution in [0.1, 0.15) is 31.2 Å². The van der Waals surface area contributed by atoms with E-state index in [1.54, 1.807) is 11.2 Å². The van der Waals surface area contributed by atoms with Gasteiger partial charge in [0.1, 0.15) is 0 Å². The first-order valence-corrected chi connectivity index (χ1v) is 8.52. The Bertz CT molecular complexity index is 528. The highest BCUT2D eigenvalue weighted by atomic mass is 32.2. The highest BCUT2D eigenvalue weighted by Gasteiger charge is 2.27. The number of hydrogen-bond donors (Lipinski definition) is 0. The second-order valence-electron chi connectivity index (χ2n) is 5.24. The number of nitrogens with zero attached hydrogens (tertiary/aromatic N) is 2. The van der Waals surface area contributed by atoms with Crippen LogP contribution in [0.25, 0.3) is 0 Å². The number of aromatic nitrogens is 1. The van der Waals surface area contributed by atoms with Gasteiger partial charge in [0.05, 0.1) is 5.75 Å². The van der Waals surface area contributed by atoms with Gasteiger partial charge in [0.25, 0.3) is 0 Å². The Morgan fingerprint density at radius 2 is 2.21 bits per heavy atom. The summed E-state index contributed by atoms with van der Waals surface area (Å²) in [6, 6.07) is 6.03. The van der Waals surface area contributed by atoms with Crippen molar-refractivity contribution in [2.45, 2.75) is 33.1 Å². The zero-order valence-corrected chi connectivity index (χ0v) is 12.5. The number of rotatable bonds is 4. The van der Waals surface area contributed by atoms with Gasteiger partial charge in [-0.05, 0) is 51.2 Å². The highest BCUT2D eigenvalue weighted by molar-refractivity contribution is 7.89. The number of sulfonamides is 1. The zero-order valence-electron chi connectivity index (χ0n) is 11.7. The molecule has 19 heavy (non-hydrogen) atoms. The van der Waals surface area contributed by atoms with E-state index in [-0.39, 0.29) is 5.75 Å². The molecule has 4 nitrogen and oxygen atoms in total. The molecule has 0 spiro atoms. The fourth-order valence-corrected chi connectivity index (χ4v) is 3.85. The summed E-state index contributed by atoms with van der Waals surface area (Å²) in [5, 5.41) is 0. The van der Waals surface area contributed by atoms with Crippen LogP contribution in [0, 0.1) is 12.8 Å². The molecule has 1 unspecified atom stereocenters. The molecule has 0 amide bonds. The van der Waals surface area contributed by atoms with Crippen molar-refractivity contribution in [1.29, 1.82) is 0 Å². The van der Waals surface area contributed by atoms with Gasteiger partial charge >= 0.3 is 0 Å². The first-order chi connectivity index (χ1) is 9.01. The molecule has 1 fully saturated rings. The summed E-state index contributed by atoms with van der Waals surface area (Å²) in [6.07, 6.45) is 2.92. The summed E-state index contributed by atoms with van der Waals surface area (Å²) in [7, 11) is -3.04. The van der Waals surface area contributed by atoms with E-state index < -0.39 is 10.0 Å². The van der Waals surface area contributed by atoms with Crippen molar-refractivity contribution in [3.8, 4) is 0 Å². The highest BCUT2D eigenvalue weighted by Crippen LogP contribution is 2.22. The van der Waals surface area contributed by atoms with Gasteiger partial charge in [0.2, 0.25) is 10.0 Å². The Balaban J connectivity index is 2.02. The quantitative estimate of drug-likeness (QED) is 0.848. The maximum Gasteiger partial charge on any atom is 0.213 e. The average Bonchev–Trinajstić information content (AvgIpc) is 2.39. The summed E-state index contributed by atoms with van der Waals surface area (Å²) < 4.78 is 25.5. The summed E-state index contributed by atoms with van der Waals surface area (Å²) in [6.45, 7) is 5.01. The molecule has 0 aromatic carbocycles. The van der Waals surface area contributed by atoms with Crippen LogP contribution in [0.15, 0.2) is 18.2 Å². The number of pyridine rings is 1. The molecule has 0 aliphatic carbocycles. The summed E-state index contributed by atoms with van der Waals surface area (Å²) in [4.78, 5) is 4.51. The van der Waals surface area contributed by atoms with Crippen molar-refractivity contribution in [3.05, 3.63) is 29.6 Å². The predicted octanol–water partition coefficient (Wildman–Crippen LogP) is 1.99. The lowest BCUT2D eigenvalue weighted by molar-refractivity contribution is 0.264. The van der Waals surface area contributed by atoms with Crippen molar-refractivity contribution in [2.24, 2.45) is 5.92 Å². The lowest BCUT2D eigenvalue weighted by Crippen LogP contribution is -2.41. The molecule has 0 radical (unpaired) electrons. The first-order valence-electron chi connectivity index (χ1n) is 6.91. The van der Waals surface area contributed by atoms with Crippen LogP contribution >= 0.6 is 0 Å². The maximum atomic E-state index is 11.9. The molecule has 1 aliphatic rings. The van der Waals surface area contributed by atoms with E-state index >= 15 is 0 Å². The maximum absolute atomic E-state index is 11.9. The van der Waals surface area contributed by atoms with Crippen LogP contribution < -0.4 is 0 Å². The van der Waals surface area contributed by atoms with E-state index in [2.05, 4.69) is 4.98 Å². The molecule has 0 saturated carbocycles. The molecular weight excluding hydrogens is 260 g/mol. The Morgan fingerprint density at radius 1 is 1.42 bits per heavy atom. The minimum absolute atomic E-state index is 0.197. The standard InChI is InChI=1S/C14H22N2O2S/c1-3-19(17,18)16-9-5-7-13(11-16)10-14-8-4-6-12(2)15-14/h4,6,8,13H,3,5,7,9-11H2,1-2H3. The van der Waals surface area contributed by atoms with Crippen LogP contribution in [0.3, 0.4) is 0 Å². The van der Waals surface area contributed by atoms with E-state index in [4.69, 9.17) is 0 Å². The van der Waals surface area contributed by atoms with Gasteiger partial charge < -0.3 is 0 Å². The lowest BCUT2D eigenvalue weighted by Gasteiger charge is -2.31. The van der Waals surface area contributed by atoms with Crippen LogP contribution in [-0.4, -0.2) is 36.5 Å². The van der Waals surface area contributed by atoms with Crippen LogP contribution in [0.5, 0.6) is 0 Å². The number of piperidine rings is 1. The minimum Gasteiger partial charge on any atom is -0.258 e. The van der Waals surface area contributed by atoms with E-state index in [1.807, 2.05) is 25.1 Å². The summed E-state index contributed by atoms with van der Waals surface area (Å²) >= 11 is 0. The fourth-order valence-electron chi connectivity index (χ4n) is 2.64. The summed E-state index contributed by atoms with van der Waals surface area (Å²) in [5.41, 5.74) is 2.09. The third kappa shape index (κ3) is 3.76. The molecule has 0 N–H and O–H groups in total. The first kappa shape index (κ1) is 14.5. The van der Waals surface area contributed by atoms with E-state index in [0.29, 0.717) is 19.0 Å². The number of hydrogen-bond acceptors (Lipinski definition) is 3. The van der Waals surface area contributed by atoms with Gasteiger partial charge in [-0.3, -0.25) is 4.98 Å². The SMILES string of the molecule is CCS(=O)(=O)N1CCCC(Cc2cccc(C)n2)C1. The monoisotopic (exact) mass is 282 g/mol. The van der Waals surface area contributed by atoms with Crippen molar-refractivity contribution >= 4 is 10.0 Å². The van der Waals surface area contributed by atoms with E-state index in [9.17, 15) is 8.42 Å². The van der Waals surface area contributed by atoms with Crippen LogP contribution in [0.4, 0.5) is 0 Å². The molecule has 1 saturated heterocycles. The second kappa shape index (κ2) is 6.01. The van der Waals surface area contributed by atoms with Gasteiger partial charge in [0.15, 0.2) is 0 Å². The molecule has 2 rings (SSSR count).